The number of hydrogen-bond donors (Lipinski definition) is 1. The number of aromatic amines is 1. The van der Waals surface area contributed by atoms with Crippen molar-refractivity contribution >= 4 is 0 Å². The second-order valence-corrected chi connectivity index (χ2v) is 9.86. The highest BCUT2D eigenvalue weighted by Crippen LogP contribution is 2.29. The van der Waals surface area contributed by atoms with Gasteiger partial charge in [-0.1, -0.05) is 135 Å². The molecule has 0 saturated heterocycles. The monoisotopic (exact) mass is 429 g/mol. The molecular formula is C30H55N. The number of allylic oxidation sites excluding steroid dienone is 2. The quantitative estimate of drug-likeness (QED) is 0.139. The first-order valence-electron chi connectivity index (χ1n) is 14.1. The van der Waals surface area contributed by atoms with Gasteiger partial charge in [-0.15, -0.1) is 0 Å². The van der Waals surface area contributed by atoms with Gasteiger partial charge in [0.1, 0.15) is 0 Å². The highest BCUT2D eigenvalue weighted by molar-refractivity contribution is 5.22. The Morgan fingerprint density at radius 3 is 1.65 bits per heavy atom. The molecule has 1 N–H and O–H groups in total. The van der Waals surface area contributed by atoms with E-state index in [9.17, 15) is 0 Å². The van der Waals surface area contributed by atoms with Gasteiger partial charge < -0.3 is 4.98 Å². The maximum atomic E-state index is 3.44. The molecule has 0 amide bonds. The minimum absolute atomic E-state index is 0.594. The Kier molecular flexibility index (Phi) is 18.9. The highest BCUT2D eigenvalue weighted by atomic mass is 14.7. The summed E-state index contributed by atoms with van der Waals surface area (Å²) in [5, 5.41) is 0. The van der Waals surface area contributed by atoms with Gasteiger partial charge in [-0.05, 0) is 38.3 Å². The van der Waals surface area contributed by atoms with Crippen molar-refractivity contribution in [1.82, 2.24) is 4.98 Å². The summed E-state index contributed by atoms with van der Waals surface area (Å²) in [6.07, 6.45) is 32.8. The van der Waals surface area contributed by atoms with E-state index in [1.807, 2.05) is 0 Å². The Morgan fingerprint density at radius 2 is 1.19 bits per heavy atom. The molecule has 0 aliphatic heterocycles. The third-order valence-corrected chi connectivity index (χ3v) is 6.92. The minimum Gasteiger partial charge on any atom is -0.364 e. The third kappa shape index (κ3) is 15.5. The highest BCUT2D eigenvalue weighted by Gasteiger charge is 2.13. The maximum Gasteiger partial charge on any atom is 0.0219 e. The van der Waals surface area contributed by atoms with E-state index in [0.29, 0.717) is 5.92 Å². The van der Waals surface area contributed by atoms with Crippen molar-refractivity contribution in [2.75, 3.05) is 0 Å². The summed E-state index contributed by atoms with van der Waals surface area (Å²) in [7, 11) is 0. The van der Waals surface area contributed by atoms with Gasteiger partial charge in [-0.3, -0.25) is 0 Å². The summed E-state index contributed by atoms with van der Waals surface area (Å²) in [5.41, 5.74) is 2.96. The number of unbranched alkanes of at least 4 members (excludes halogenated alkanes) is 17. The fourth-order valence-electron chi connectivity index (χ4n) is 4.76. The van der Waals surface area contributed by atoms with Crippen molar-refractivity contribution in [2.24, 2.45) is 0 Å². The standard InChI is InChI=1S/C30H55N/c1-4-6-8-9-10-11-12-13-14-15-16-17-18-19-20-21-22-24-28(3)29(25-7-5-2)30-26-23-27-31-30/h23-24,26-27,29,31H,4-22,25H2,1-3H3. The smallest absolute Gasteiger partial charge is 0.0219 e. The lowest BCUT2D eigenvalue weighted by molar-refractivity contribution is 0.530. The van der Waals surface area contributed by atoms with Crippen molar-refractivity contribution in [3.63, 3.8) is 0 Å². The average Bonchev–Trinajstić information content (AvgIpc) is 3.30. The van der Waals surface area contributed by atoms with Crippen molar-refractivity contribution in [1.29, 1.82) is 0 Å². The Bertz CT molecular complexity index is 498. The van der Waals surface area contributed by atoms with Crippen LogP contribution in [0.2, 0.25) is 0 Å². The number of aromatic nitrogens is 1. The number of nitrogens with one attached hydrogen (secondary N) is 1. The van der Waals surface area contributed by atoms with Crippen LogP contribution in [0.1, 0.15) is 161 Å². The van der Waals surface area contributed by atoms with Crippen molar-refractivity contribution in [3.05, 3.63) is 35.7 Å². The molecule has 1 heteroatoms. The summed E-state index contributed by atoms with van der Waals surface area (Å²) in [4.78, 5) is 3.44. The molecular weight excluding hydrogens is 374 g/mol. The fraction of sp³-hybridized carbons (Fsp3) is 0.800. The molecule has 1 rings (SSSR count). The molecule has 180 valence electrons. The molecule has 0 saturated carbocycles. The van der Waals surface area contributed by atoms with Gasteiger partial charge in [0.05, 0.1) is 0 Å². The molecule has 0 aliphatic carbocycles. The zero-order chi connectivity index (χ0) is 22.4. The summed E-state index contributed by atoms with van der Waals surface area (Å²) in [6, 6.07) is 4.39. The average molecular weight is 430 g/mol. The molecule has 1 unspecified atom stereocenters. The number of H-pyrrole nitrogens is 1. The Morgan fingerprint density at radius 1 is 0.710 bits per heavy atom. The summed E-state index contributed by atoms with van der Waals surface area (Å²) < 4.78 is 0. The molecule has 1 heterocycles. The van der Waals surface area contributed by atoms with Gasteiger partial charge in [0.2, 0.25) is 0 Å². The first kappa shape index (κ1) is 28.1. The van der Waals surface area contributed by atoms with Crippen LogP contribution in [0.4, 0.5) is 0 Å². The first-order chi connectivity index (χ1) is 15.3. The lowest BCUT2D eigenvalue weighted by Gasteiger charge is -2.16. The van der Waals surface area contributed by atoms with Gasteiger partial charge in [-0.25, -0.2) is 0 Å². The van der Waals surface area contributed by atoms with E-state index in [0.717, 1.165) is 0 Å². The summed E-state index contributed by atoms with van der Waals surface area (Å²) >= 11 is 0. The van der Waals surface area contributed by atoms with Crippen LogP contribution < -0.4 is 0 Å². The molecule has 0 fully saturated rings. The van der Waals surface area contributed by atoms with Gasteiger partial charge in [0.25, 0.3) is 0 Å². The Hall–Kier alpha value is -0.980. The number of hydrogen-bond acceptors (Lipinski definition) is 0. The molecule has 31 heavy (non-hydrogen) atoms. The maximum absolute atomic E-state index is 3.44. The third-order valence-electron chi connectivity index (χ3n) is 6.92. The fourth-order valence-corrected chi connectivity index (χ4v) is 4.76. The van der Waals surface area contributed by atoms with E-state index < -0.39 is 0 Å². The van der Waals surface area contributed by atoms with Crippen molar-refractivity contribution < 1.29 is 0 Å². The van der Waals surface area contributed by atoms with Crippen LogP contribution in [-0.4, -0.2) is 4.98 Å². The van der Waals surface area contributed by atoms with Gasteiger partial charge in [0, 0.05) is 17.8 Å². The lowest BCUT2D eigenvalue weighted by atomic mass is 9.90. The lowest BCUT2D eigenvalue weighted by Crippen LogP contribution is -2.01. The molecule has 1 aromatic heterocycles. The van der Waals surface area contributed by atoms with Crippen molar-refractivity contribution in [2.45, 2.75) is 155 Å². The summed E-state index contributed by atoms with van der Waals surface area (Å²) in [5.74, 6) is 0.594. The SMILES string of the molecule is CCCCCCCCCCCCCCCCCCC=C(C)C(CCCC)c1ccc[nH]1. The second-order valence-electron chi connectivity index (χ2n) is 9.86. The van der Waals surface area contributed by atoms with Crippen LogP contribution >= 0.6 is 0 Å². The number of rotatable bonds is 22. The van der Waals surface area contributed by atoms with E-state index in [2.05, 4.69) is 50.2 Å². The largest absolute Gasteiger partial charge is 0.364 e. The van der Waals surface area contributed by atoms with E-state index in [1.54, 1.807) is 5.57 Å². The molecule has 0 spiro atoms. The Balaban J connectivity index is 1.94. The summed E-state index contributed by atoms with van der Waals surface area (Å²) in [6.45, 7) is 6.93. The molecule has 1 aromatic rings. The van der Waals surface area contributed by atoms with E-state index >= 15 is 0 Å². The van der Waals surface area contributed by atoms with Crippen LogP contribution in [0.3, 0.4) is 0 Å². The van der Waals surface area contributed by atoms with Crippen molar-refractivity contribution in [3.8, 4) is 0 Å². The second kappa shape index (κ2) is 20.9. The van der Waals surface area contributed by atoms with Crippen LogP contribution in [-0.2, 0) is 0 Å². The van der Waals surface area contributed by atoms with Crippen LogP contribution in [0.15, 0.2) is 30.0 Å². The van der Waals surface area contributed by atoms with E-state index in [1.165, 1.54) is 134 Å². The van der Waals surface area contributed by atoms with E-state index in [4.69, 9.17) is 0 Å². The van der Waals surface area contributed by atoms with E-state index in [-0.39, 0.29) is 0 Å². The predicted octanol–water partition coefficient (Wildman–Crippen LogP) is 10.9. The van der Waals surface area contributed by atoms with Gasteiger partial charge in [-0.2, -0.15) is 0 Å². The van der Waals surface area contributed by atoms with Gasteiger partial charge >= 0.3 is 0 Å². The predicted molar refractivity (Wildman–Crippen MR) is 141 cm³/mol. The molecule has 0 aromatic carbocycles. The Labute approximate surface area is 195 Å². The van der Waals surface area contributed by atoms with Crippen LogP contribution in [0.25, 0.3) is 0 Å². The molecule has 0 bridgehead atoms. The zero-order valence-electron chi connectivity index (χ0n) is 21.5. The molecule has 1 nitrogen and oxygen atoms in total. The van der Waals surface area contributed by atoms with Gasteiger partial charge in [0.15, 0.2) is 0 Å². The topological polar surface area (TPSA) is 15.8 Å². The zero-order valence-corrected chi connectivity index (χ0v) is 21.5. The minimum atomic E-state index is 0.594. The molecule has 1 atom stereocenters. The molecule has 0 radical (unpaired) electrons. The first-order valence-corrected chi connectivity index (χ1v) is 14.1. The normalized spacial score (nSPS) is 13.1. The van der Waals surface area contributed by atoms with Crippen LogP contribution in [0, 0.1) is 0 Å². The molecule has 0 aliphatic rings. The van der Waals surface area contributed by atoms with Crippen LogP contribution in [0.5, 0.6) is 0 Å².